The number of nitrogens with one attached hydrogen (secondary N) is 1. The minimum absolute atomic E-state index is 0.292. The van der Waals surface area contributed by atoms with Crippen molar-refractivity contribution in [3.05, 3.63) is 53.3 Å². The molecule has 0 radical (unpaired) electrons. The van der Waals surface area contributed by atoms with E-state index in [1.54, 1.807) is 18.2 Å². The molecule has 1 aliphatic heterocycles. The van der Waals surface area contributed by atoms with Crippen LogP contribution in [0.25, 0.3) is 22.3 Å². The summed E-state index contributed by atoms with van der Waals surface area (Å²) >= 11 is 0. The van der Waals surface area contributed by atoms with Crippen LogP contribution in [-0.4, -0.2) is 34.2 Å². The van der Waals surface area contributed by atoms with Gasteiger partial charge in [-0.15, -0.1) is 0 Å². The maximum absolute atomic E-state index is 13.4. The molecule has 0 saturated carbocycles. The molecule has 6 nitrogen and oxygen atoms in total. The predicted molar refractivity (Wildman–Crippen MR) is 115 cm³/mol. The second-order valence-electron chi connectivity index (χ2n) is 7.80. The molecule has 1 atom stereocenters. The second-order valence-corrected chi connectivity index (χ2v) is 9.71. The first-order valence-corrected chi connectivity index (χ1v) is 11.6. The predicted octanol–water partition coefficient (Wildman–Crippen LogP) is 3.95. The second kappa shape index (κ2) is 7.43. The van der Waals surface area contributed by atoms with Gasteiger partial charge in [-0.05, 0) is 54.7 Å². The van der Waals surface area contributed by atoms with Gasteiger partial charge in [0.2, 0.25) is 10.0 Å². The Morgan fingerprint density at radius 1 is 1.23 bits per heavy atom. The van der Waals surface area contributed by atoms with E-state index in [-0.39, 0.29) is 11.7 Å². The largest absolute Gasteiger partial charge is 0.455 e. The SMILES string of the molecule is CNC(=O)c1c(-c2ccc(F)cc2)oc2cc3c(cc12)CC(C)CCN3S(C)(=O)=O. The molecule has 1 amide bonds. The Kier molecular flexibility index (Phi) is 5.05. The molecular weight excluding hydrogens is 407 g/mol. The number of sulfonamides is 1. The van der Waals surface area contributed by atoms with Crippen LogP contribution in [0.15, 0.2) is 40.8 Å². The van der Waals surface area contributed by atoms with Gasteiger partial charge in [0.1, 0.15) is 17.2 Å². The van der Waals surface area contributed by atoms with E-state index in [1.807, 2.05) is 6.07 Å². The van der Waals surface area contributed by atoms with Crippen molar-refractivity contribution >= 4 is 32.6 Å². The van der Waals surface area contributed by atoms with Crippen LogP contribution in [0.1, 0.15) is 29.3 Å². The average Bonchev–Trinajstić information content (AvgIpc) is 2.96. The van der Waals surface area contributed by atoms with Crippen molar-refractivity contribution in [2.45, 2.75) is 19.8 Å². The number of hydrogen-bond acceptors (Lipinski definition) is 4. The van der Waals surface area contributed by atoms with Crippen molar-refractivity contribution < 1.29 is 22.0 Å². The third kappa shape index (κ3) is 3.56. The van der Waals surface area contributed by atoms with Crippen LogP contribution in [0.4, 0.5) is 10.1 Å². The highest BCUT2D eigenvalue weighted by Crippen LogP contribution is 2.40. The standard InChI is InChI=1S/C22H23FN2O4S/c1-13-8-9-25(30(3,27)28)18-12-19-17(11-15(18)10-13)20(22(26)24-2)21(29-19)14-4-6-16(23)7-5-14/h4-7,11-13H,8-10H2,1-3H3,(H,24,26). The maximum atomic E-state index is 13.4. The smallest absolute Gasteiger partial charge is 0.255 e. The topological polar surface area (TPSA) is 79.6 Å². The third-order valence-electron chi connectivity index (χ3n) is 5.51. The van der Waals surface area contributed by atoms with E-state index in [9.17, 15) is 17.6 Å². The van der Waals surface area contributed by atoms with Crippen molar-refractivity contribution in [2.75, 3.05) is 24.2 Å². The fourth-order valence-corrected chi connectivity index (χ4v) is 4.97. The molecule has 8 heteroatoms. The number of amides is 1. The summed E-state index contributed by atoms with van der Waals surface area (Å²) in [5, 5.41) is 3.24. The third-order valence-corrected chi connectivity index (χ3v) is 6.69. The molecule has 1 aliphatic rings. The first-order valence-electron chi connectivity index (χ1n) is 9.74. The number of benzene rings is 2. The van der Waals surface area contributed by atoms with E-state index in [0.29, 0.717) is 52.4 Å². The maximum Gasteiger partial charge on any atom is 0.255 e. The van der Waals surface area contributed by atoms with Crippen LogP contribution in [0.3, 0.4) is 0 Å². The van der Waals surface area contributed by atoms with E-state index < -0.39 is 10.0 Å². The fourth-order valence-electron chi connectivity index (χ4n) is 4.01. The molecule has 4 rings (SSSR count). The molecule has 158 valence electrons. The van der Waals surface area contributed by atoms with E-state index in [1.165, 1.54) is 29.7 Å². The highest BCUT2D eigenvalue weighted by Gasteiger charge is 2.29. The van der Waals surface area contributed by atoms with Gasteiger partial charge in [-0.25, -0.2) is 12.8 Å². The number of halogens is 1. The lowest BCUT2D eigenvalue weighted by Crippen LogP contribution is -2.30. The number of fused-ring (bicyclic) bond motifs is 2. The van der Waals surface area contributed by atoms with Crippen molar-refractivity contribution in [1.82, 2.24) is 5.32 Å². The zero-order valence-corrected chi connectivity index (χ0v) is 17.8. The summed E-state index contributed by atoms with van der Waals surface area (Å²) in [6, 6.07) is 9.26. The van der Waals surface area contributed by atoms with Crippen LogP contribution < -0.4 is 9.62 Å². The van der Waals surface area contributed by atoms with E-state index in [2.05, 4.69) is 12.2 Å². The lowest BCUT2D eigenvalue weighted by atomic mass is 9.96. The zero-order valence-electron chi connectivity index (χ0n) is 17.0. The molecule has 0 saturated heterocycles. The number of furan rings is 1. The van der Waals surface area contributed by atoms with Crippen LogP contribution in [0.2, 0.25) is 0 Å². The summed E-state index contributed by atoms with van der Waals surface area (Å²) in [6.45, 7) is 2.48. The minimum atomic E-state index is -3.47. The van der Waals surface area contributed by atoms with Gasteiger partial charge in [-0.2, -0.15) is 0 Å². The normalized spacial score (nSPS) is 16.9. The summed E-state index contributed by atoms with van der Waals surface area (Å²) in [6.07, 6.45) is 2.63. The summed E-state index contributed by atoms with van der Waals surface area (Å²) in [5.74, 6) is -0.0983. The van der Waals surface area contributed by atoms with Crippen LogP contribution in [0.5, 0.6) is 0 Å². The Hall–Kier alpha value is -2.87. The molecule has 1 unspecified atom stereocenters. The van der Waals surface area contributed by atoms with Crippen molar-refractivity contribution in [3.63, 3.8) is 0 Å². The Balaban J connectivity index is 2.00. The molecular formula is C22H23FN2O4S. The van der Waals surface area contributed by atoms with Gasteiger partial charge in [0, 0.05) is 30.6 Å². The molecule has 1 N–H and O–H groups in total. The summed E-state index contributed by atoms with van der Waals surface area (Å²) in [7, 11) is -1.93. The van der Waals surface area contributed by atoms with Gasteiger partial charge in [0.25, 0.3) is 5.91 Å². The Morgan fingerprint density at radius 2 is 1.93 bits per heavy atom. The number of rotatable bonds is 3. The molecule has 30 heavy (non-hydrogen) atoms. The number of carbonyl (C=O) groups is 1. The first-order chi connectivity index (χ1) is 14.2. The average molecular weight is 431 g/mol. The summed E-state index contributed by atoms with van der Waals surface area (Å²) in [4.78, 5) is 12.7. The highest BCUT2D eigenvalue weighted by molar-refractivity contribution is 7.92. The lowest BCUT2D eigenvalue weighted by molar-refractivity contribution is 0.0964. The summed E-state index contributed by atoms with van der Waals surface area (Å²) in [5.41, 5.74) is 2.76. The molecule has 2 heterocycles. The lowest BCUT2D eigenvalue weighted by Gasteiger charge is -2.22. The van der Waals surface area contributed by atoms with Crippen molar-refractivity contribution in [3.8, 4) is 11.3 Å². The monoisotopic (exact) mass is 430 g/mol. The zero-order chi connectivity index (χ0) is 21.6. The Bertz CT molecular complexity index is 1230. The van der Waals surface area contributed by atoms with Crippen molar-refractivity contribution in [1.29, 1.82) is 0 Å². The first kappa shape index (κ1) is 20.4. The molecule has 2 aromatic carbocycles. The van der Waals surface area contributed by atoms with Crippen LogP contribution in [-0.2, 0) is 16.4 Å². The van der Waals surface area contributed by atoms with Crippen molar-refractivity contribution in [2.24, 2.45) is 5.92 Å². The van der Waals surface area contributed by atoms with Gasteiger partial charge in [0.05, 0.1) is 17.5 Å². The molecule has 3 aromatic rings. The van der Waals surface area contributed by atoms with E-state index in [0.717, 1.165) is 12.0 Å². The van der Waals surface area contributed by atoms with E-state index in [4.69, 9.17) is 4.42 Å². The summed E-state index contributed by atoms with van der Waals surface area (Å²) < 4.78 is 45.7. The van der Waals surface area contributed by atoms with Gasteiger partial charge in [-0.1, -0.05) is 6.92 Å². The molecule has 0 spiro atoms. The number of carbonyl (C=O) groups excluding carboxylic acids is 1. The van der Waals surface area contributed by atoms with E-state index >= 15 is 0 Å². The van der Waals surface area contributed by atoms with Crippen LogP contribution >= 0.6 is 0 Å². The number of anilines is 1. The number of nitrogens with zero attached hydrogens (tertiary/aromatic N) is 1. The molecule has 0 fully saturated rings. The molecule has 0 bridgehead atoms. The quantitative estimate of drug-likeness (QED) is 0.682. The van der Waals surface area contributed by atoms with Gasteiger partial charge in [0.15, 0.2) is 0 Å². The highest BCUT2D eigenvalue weighted by atomic mass is 32.2. The Morgan fingerprint density at radius 3 is 2.57 bits per heavy atom. The van der Waals surface area contributed by atoms with Gasteiger partial charge < -0.3 is 9.73 Å². The van der Waals surface area contributed by atoms with Gasteiger partial charge >= 0.3 is 0 Å². The fraction of sp³-hybridized carbons (Fsp3) is 0.318. The van der Waals surface area contributed by atoms with Gasteiger partial charge in [-0.3, -0.25) is 9.10 Å². The molecule has 0 aliphatic carbocycles. The number of hydrogen-bond donors (Lipinski definition) is 1. The van der Waals surface area contributed by atoms with Crippen LogP contribution in [0, 0.1) is 11.7 Å². The molecule has 1 aromatic heterocycles. The minimum Gasteiger partial charge on any atom is -0.455 e. The Labute approximate surface area is 174 Å².